The van der Waals surface area contributed by atoms with Gasteiger partial charge in [0.25, 0.3) is 0 Å². The Morgan fingerprint density at radius 2 is 1.59 bits per heavy atom. The molecule has 6 heteroatoms. The normalized spacial score (nSPS) is 21.9. The van der Waals surface area contributed by atoms with Gasteiger partial charge in [0.05, 0.1) is 32.0 Å². The topological polar surface area (TPSA) is 57.2 Å². The second-order valence-electron chi connectivity index (χ2n) is 7.70. The van der Waals surface area contributed by atoms with Crippen LogP contribution in [-0.4, -0.2) is 56.4 Å². The van der Waals surface area contributed by atoms with Crippen LogP contribution in [0.25, 0.3) is 0 Å². The first kappa shape index (κ1) is 21.8. The third-order valence-corrected chi connectivity index (χ3v) is 5.80. The second-order valence-corrected chi connectivity index (χ2v) is 7.70. The highest BCUT2D eigenvalue weighted by Crippen LogP contribution is 2.39. The Hall–Kier alpha value is -1.95. The van der Waals surface area contributed by atoms with Gasteiger partial charge in [0.15, 0.2) is 11.5 Å². The predicted molar refractivity (Wildman–Crippen MR) is 112 cm³/mol. The molecule has 0 saturated carbocycles. The zero-order valence-corrected chi connectivity index (χ0v) is 18.1. The first-order valence-corrected chi connectivity index (χ1v) is 11.2. The second kappa shape index (κ2) is 10.7. The fourth-order valence-corrected chi connectivity index (χ4v) is 4.54. The fourth-order valence-electron chi connectivity index (χ4n) is 4.54. The summed E-state index contributed by atoms with van der Waals surface area (Å²) in [6, 6.07) is 3.96. The van der Waals surface area contributed by atoms with Gasteiger partial charge in [-0.1, -0.05) is 6.42 Å². The molecule has 0 N–H and O–H groups in total. The highest BCUT2D eigenvalue weighted by Gasteiger charge is 2.33. The van der Waals surface area contributed by atoms with Gasteiger partial charge in [-0.3, -0.25) is 4.90 Å². The van der Waals surface area contributed by atoms with Gasteiger partial charge in [-0.2, -0.15) is 0 Å². The predicted octanol–water partition coefficient (Wildman–Crippen LogP) is 4.30. The largest absolute Gasteiger partial charge is 0.490 e. The lowest BCUT2D eigenvalue weighted by molar-refractivity contribution is 0.00733. The molecule has 0 amide bonds. The fraction of sp³-hybridized carbons (Fsp3) is 0.696. The van der Waals surface area contributed by atoms with Gasteiger partial charge >= 0.3 is 5.97 Å². The Labute approximate surface area is 174 Å². The van der Waals surface area contributed by atoms with E-state index in [1.165, 1.54) is 38.8 Å². The van der Waals surface area contributed by atoms with Crippen molar-refractivity contribution in [2.24, 2.45) is 5.92 Å². The van der Waals surface area contributed by atoms with Crippen molar-refractivity contribution in [2.45, 2.75) is 58.9 Å². The number of piperidine rings is 2. The van der Waals surface area contributed by atoms with Crippen LogP contribution in [0.2, 0.25) is 0 Å². The van der Waals surface area contributed by atoms with Gasteiger partial charge in [0, 0.05) is 12.0 Å². The average Bonchev–Trinajstić information content (AvgIpc) is 2.74. The van der Waals surface area contributed by atoms with E-state index in [-0.39, 0.29) is 5.97 Å². The molecule has 0 aromatic heterocycles. The Morgan fingerprint density at radius 1 is 0.931 bits per heavy atom. The van der Waals surface area contributed by atoms with Crippen molar-refractivity contribution in [3.8, 4) is 17.2 Å². The first-order valence-electron chi connectivity index (χ1n) is 11.2. The summed E-state index contributed by atoms with van der Waals surface area (Å²) in [5, 5.41) is 0. The molecular weight excluding hydrogens is 370 g/mol. The van der Waals surface area contributed by atoms with Crippen LogP contribution in [0.5, 0.6) is 17.2 Å². The molecule has 0 bridgehead atoms. The van der Waals surface area contributed by atoms with Crippen molar-refractivity contribution in [3.63, 3.8) is 0 Å². The number of esters is 1. The SMILES string of the molecule is CCOc1cc(C(=O)OC[C@@H]2CCCN3CCCC[C@H]23)cc(OCC)c1OCC. The number of hydrogen-bond donors (Lipinski definition) is 0. The Bertz CT molecular complexity index is 648. The van der Waals surface area contributed by atoms with Crippen molar-refractivity contribution in [1.29, 1.82) is 0 Å². The molecule has 2 aliphatic rings. The molecule has 0 spiro atoms. The first-order chi connectivity index (χ1) is 14.2. The smallest absolute Gasteiger partial charge is 0.338 e. The maximum atomic E-state index is 12.8. The molecule has 3 rings (SSSR count). The van der Waals surface area contributed by atoms with Crippen LogP contribution in [0.1, 0.15) is 63.2 Å². The van der Waals surface area contributed by atoms with Crippen LogP contribution in [-0.2, 0) is 4.74 Å². The van der Waals surface area contributed by atoms with Gasteiger partial charge in [-0.15, -0.1) is 0 Å². The molecule has 1 aromatic carbocycles. The number of rotatable bonds is 9. The number of nitrogens with zero attached hydrogens (tertiary/aromatic N) is 1. The summed E-state index contributed by atoms with van der Waals surface area (Å²) in [6.45, 7) is 10.00. The van der Waals surface area contributed by atoms with Crippen molar-refractivity contribution < 1.29 is 23.7 Å². The summed E-state index contributed by atoms with van der Waals surface area (Å²) in [7, 11) is 0. The summed E-state index contributed by atoms with van der Waals surface area (Å²) < 4.78 is 22.9. The van der Waals surface area contributed by atoms with Gasteiger partial charge in [-0.05, 0) is 71.7 Å². The van der Waals surface area contributed by atoms with Gasteiger partial charge in [-0.25, -0.2) is 4.79 Å². The summed E-state index contributed by atoms with van der Waals surface area (Å²) in [4.78, 5) is 15.4. The van der Waals surface area contributed by atoms with Gasteiger partial charge in [0.2, 0.25) is 5.75 Å². The highest BCUT2D eigenvalue weighted by atomic mass is 16.5. The van der Waals surface area contributed by atoms with Crippen LogP contribution < -0.4 is 14.2 Å². The lowest BCUT2D eigenvalue weighted by Gasteiger charge is -2.44. The molecule has 0 aliphatic carbocycles. The Kier molecular flexibility index (Phi) is 8.04. The zero-order chi connectivity index (χ0) is 20.6. The zero-order valence-electron chi connectivity index (χ0n) is 18.1. The van der Waals surface area contributed by atoms with Crippen molar-refractivity contribution in [3.05, 3.63) is 17.7 Å². The third-order valence-electron chi connectivity index (χ3n) is 5.80. The van der Waals surface area contributed by atoms with E-state index in [1.807, 2.05) is 20.8 Å². The van der Waals surface area contributed by atoms with E-state index in [2.05, 4.69) is 4.90 Å². The lowest BCUT2D eigenvalue weighted by Crippen LogP contribution is -2.49. The number of fused-ring (bicyclic) bond motifs is 1. The molecule has 2 aliphatic heterocycles. The van der Waals surface area contributed by atoms with Crippen LogP contribution in [0, 0.1) is 5.92 Å². The molecule has 0 radical (unpaired) electrons. The van der Waals surface area contributed by atoms with Crippen molar-refractivity contribution >= 4 is 5.97 Å². The van der Waals surface area contributed by atoms with Crippen LogP contribution in [0.4, 0.5) is 0 Å². The number of hydrogen-bond acceptors (Lipinski definition) is 6. The number of ether oxygens (including phenoxy) is 4. The van der Waals surface area contributed by atoms with Crippen LogP contribution >= 0.6 is 0 Å². The molecule has 2 atom stereocenters. The highest BCUT2D eigenvalue weighted by molar-refractivity contribution is 5.91. The van der Waals surface area contributed by atoms with E-state index >= 15 is 0 Å². The monoisotopic (exact) mass is 405 g/mol. The van der Waals surface area contributed by atoms with Gasteiger partial charge < -0.3 is 18.9 Å². The number of carbonyl (C=O) groups excluding carboxylic acids is 1. The lowest BCUT2D eigenvalue weighted by atomic mass is 9.84. The van der Waals surface area contributed by atoms with Crippen molar-refractivity contribution in [1.82, 2.24) is 4.90 Å². The molecule has 1 aromatic rings. The quantitative estimate of drug-likeness (QED) is 0.571. The standard InChI is InChI=1S/C23H35NO5/c1-4-26-20-14-18(15-21(27-5-2)22(20)28-6-3)23(25)29-16-17-10-9-13-24-12-8-7-11-19(17)24/h14-15,17,19H,4-13,16H2,1-3H3/t17-,19+/m0/s1. The van der Waals surface area contributed by atoms with E-state index in [4.69, 9.17) is 18.9 Å². The maximum absolute atomic E-state index is 12.8. The molecule has 6 nitrogen and oxygen atoms in total. The minimum atomic E-state index is -0.331. The Morgan fingerprint density at radius 3 is 2.24 bits per heavy atom. The molecule has 2 heterocycles. The van der Waals surface area contributed by atoms with E-state index < -0.39 is 0 Å². The Balaban J connectivity index is 1.72. The molecule has 0 unspecified atom stereocenters. The van der Waals surface area contributed by atoms with E-state index in [0.717, 1.165) is 6.42 Å². The minimum absolute atomic E-state index is 0.331. The maximum Gasteiger partial charge on any atom is 0.338 e. The summed E-state index contributed by atoms with van der Waals surface area (Å²) in [5.41, 5.74) is 0.441. The molecule has 29 heavy (non-hydrogen) atoms. The molecule has 2 fully saturated rings. The van der Waals surface area contributed by atoms with Crippen molar-refractivity contribution in [2.75, 3.05) is 39.5 Å². The van der Waals surface area contributed by atoms with E-state index in [9.17, 15) is 4.79 Å². The third kappa shape index (κ3) is 5.35. The summed E-state index contributed by atoms with van der Waals surface area (Å²) in [6.07, 6.45) is 6.10. The summed E-state index contributed by atoms with van der Waals surface area (Å²) >= 11 is 0. The average molecular weight is 406 g/mol. The molecular formula is C23H35NO5. The van der Waals surface area contributed by atoms with E-state index in [1.54, 1.807) is 12.1 Å². The number of carbonyl (C=O) groups is 1. The molecule has 162 valence electrons. The summed E-state index contributed by atoms with van der Waals surface area (Å²) in [5.74, 6) is 1.67. The van der Waals surface area contributed by atoms with Crippen LogP contribution in [0.15, 0.2) is 12.1 Å². The van der Waals surface area contributed by atoms with E-state index in [0.29, 0.717) is 61.2 Å². The molecule has 2 saturated heterocycles. The van der Waals surface area contributed by atoms with Gasteiger partial charge in [0.1, 0.15) is 0 Å². The number of benzene rings is 1. The minimum Gasteiger partial charge on any atom is -0.490 e. The van der Waals surface area contributed by atoms with Crippen LogP contribution in [0.3, 0.4) is 0 Å².